The highest BCUT2D eigenvalue weighted by atomic mass is 16.6. The zero-order chi connectivity index (χ0) is 18.2. The summed E-state index contributed by atoms with van der Waals surface area (Å²) in [7, 11) is 1.91. The van der Waals surface area contributed by atoms with Gasteiger partial charge in [-0.15, -0.1) is 0 Å². The molecular formula is C18H26N2O4. The zero-order valence-corrected chi connectivity index (χ0v) is 15.0. The average Bonchev–Trinajstić information content (AvgIpc) is 2.50. The first kappa shape index (κ1) is 19.5. The Labute approximate surface area is 143 Å². The molecule has 132 valence electrons. The minimum Gasteiger partial charge on any atom is -0.462 e. The molecule has 0 atom stereocenters. The Hall–Kier alpha value is -2.50. The summed E-state index contributed by atoms with van der Waals surface area (Å²) in [6, 6.07) is 7.15. The van der Waals surface area contributed by atoms with Crippen LogP contribution < -0.4 is 10.2 Å². The van der Waals surface area contributed by atoms with Gasteiger partial charge in [-0.1, -0.05) is 0 Å². The van der Waals surface area contributed by atoms with Crippen molar-refractivity contribution >= 4 is 17.7 Å². The van der Waals surface area contributed by atoms with Crippen LogP contribution in [0.5, 0.6) is 0 Å². The van der Waals surface area contributed by atoms with Crippen molar-refractivity contribution in [3.8, 4) is 0 Å². The molecule has 0 saturated heterocycles. The Morgan fingerprint density at radius 1 is 1.21 bits per heavy atom. The maximum Gasteiger partial charge on any atom is 0.411 e. The molecule has 0 spiro atoms. The fourth-order valence-electron chi connectivity index (χ4n) is 1.82. The van der Waals surface area contributed by atoms with Crippen molar-refractivity contribution in [3.05, 3.63) is 42.1 Å². The van der Waals surface area contributed by atoms with E-state index < -0.39 is 11.7 Å². The van der Waals surface area contributed by atoms with Crippen LogP contribution in [0.2, 0.25) is 0 Å². The Kier molecular flexibility index (Phi) is 7.30. The summed E-state index contributed by atoms with van der Waals surface area (Å²) in [5.74, 6) is -0.326. The summed E-state index contributed by atoms with van der Waals surface area (Å²) in [4.78, 5) is 25.1. The largest absolute Gasteiger partial charge is 0.462 e. The lowest BCUT2D eigenvalue weighted by atomic mass is 10.2. The Bertz CT molecular complexity index is 574. The third kappa shape index (κ3) is 7.17. The summed E-state index contributed by atoms with van der Waals surface area (Å²) < 4.78 is 10.1. The molecule has 24 heavy (non-hydrogen) atoms. The number of likely N-dealkylation sites (N-methyl/N-ethyl adjacent to an activating group) is 1. The number of esters is 1. The lowest BCUT2D eigenvalue weighted by molar-refractivity contribution is 0.0522. The number of anilines is 1. The molecule has 0 fully saturated rings. The Morgan fingerprint density at radius 2 is 1.83 bits per heavy atom. The smallest absolute Gasteiger partial charge is 0.411 e. The summed E-state index contributed by atoms with van der Waals surface area (Å²) >= 11 is 0. The predicted molar refractivity (Wildman–Crippen MR) is 94.2 cm³/mol. The van der Waals surface area contributed by atoms with E-state index in [0.717, 1.165) is 5.69 Å². The molecule has 0 aliphatic heterocycles. The van der Waals surface area contributed by atoms with Crippen molar-refractivity contribution in [1.82, 2.24) is 5.32 Å². The molecule has 0 aliphatic rings. The van der Waals surface area contributed by atoms with Gasteiger partial charge in [0, 0.05) is 25.5 Å². The number of benzene rings is 1. The number of hydrogen-bond acceptors (Lipinski definition) is 5. The van der Waals surface area contributed by atoms with E-state index in [9.17, 15) is 9.59 Å². The van der Waals surface area contributed by atoms with Gasteiger partial charge in [0.2, 0.25) is 0 Å². The van der Waals surface area contributed by atoms with E-state index in [-0.39, 0.29) is 5.97 Å². The van der Waals surface area contributed by atoms with Gasteiger partial charge in [-0.25, -0.2) is 9.59 Å². The monoisotopic (exact) mass is 334 g/mol. The van der Waals surface area contributed by atoms with Crippen LogP contribution in [0.1, 0.15) is 38.1 Å². The van der Waals surface area contributed by atoms with Crippen LogP contribution in [0, 0.1) is 0 Å². The number of alkyl carbamates (subject to hydrolysis) is 1. The molecule has 6 heteroatoms. The molecule has 1 aromatic rings. The van der Waals surface area contributed by atoms with Crippen LogP contribution in [0.3, 0.4) is 0 Å². The molecule has 0 aliphatic carbocycles. The highest BCUT2D eigenvalue weighted by molar-refractivity contribution is 5.89. The summed E-state index contributed by atoms with van der Waals surface area (Å²) in [6.45, 7) is 8.15. The molecule has 1 N–H and O–H groups in total. The molecule has 1 aromatic carbocycles. The maximum absolute atomic E-state index is 11.6. The number of rotatable bonds is 6. The number of ether oxygens (including phenoxy) is 2. The second-order valence-corrected chi connectivity index (χ2v) is 6.20. The number of amides is 1. The topological polar surface area (TPSA) is 67.9 Å². The molecular weight excluding hydrogens is 308 g/mol. The van der Waals surface area contributed by atoms with Crippen LogP contribution in [0.15, 0.2) is 36.5 Å². The van der Waals surface area contributed by atoms with E-state index in [0.29, 0.717) is 18.7 Å². The van der Waals surface area contributed by atoms with Gasteiger partial charge >= 0.3 is 12.1 Å². The molecule has 0 heterocycles. The van der Waals surface area contributed by atoms with Crippen molar-refractivity contribution < 1.29 is 19.1 Å². The van der Waals surface area contributed by atoms with Crippen molar-refractivity contribution in [1.29, 1.82) is 0 Å². The van der Waals surface area contributed by atoms with Gasteiger partial charge in [-0.05, 0) is 58.0 Å². The first-order valence-corrected chi connectivity index (χ1v) is 7.86. The number of hydrogen-bond donors (Lipinski definition) is 1. The highest BCUT2D eigenvalue weighted by Crippen LogP contribution is 2.14. The quantitative estimate of drug-likeness (QED) is 0.808. The van der Waals surface area contributed by atoms with E-state index >= 15 is 0 Å². The number of nitrogens with one attached hydrogen (secondary N) is 1. The Balaban J connectivity index is 2.47. The Morgan fingerprint density at radius 3 is 2.38 bits per heavy atom. The van der Waals surface area contributed by atoms with E-state index in [4.69, 9.17) is 9.47 Å². The maximum atomic E-state index is 11.6. The van der Waals surface area contributed by atoms with Crippen LogP contribution in [0.4, 0.5) is 10.5 Å². The second-order valence-electron chi connectivity index (χ2n) is 6.20. The SMILES string of the molecule is CCOC(=O)c1ccc(N(C)C/C=C/NC(=O)OC(C)(C)C)cc1. The van der Waals surface area contributed by atoms with Crippen molar-refractivity contribution in [3.63, 3.8) is 0 Å². The van der Waals surface area contributed by atoms with Gasteiger partial charge in [-0.2, -0.15) is 0 Å². The molecule has 0 radical (unpaired) electrons. The first-order chi connectivity index (χ1) is 11.2. The number of carbonyl (C=O) groups excluding carboxylic acids is 2. The molecule has 1 amide bonds. The zero-order valence-electron chi connectivity index (χ0n) is 15.0. The van der Waals surface area contributed by atoms with Gasteiger partial charge in [-0.3, -0.25) is 5.32 Å². The lowest BCUT2D eigenvalue weighted by Gasteiger charge is -2.19. The third-order valence-electron chi connectivity index (χ3n) is 2.92. The summed E-state index contributed by atoms with van der Waals surface area (Å²) in [5.41, 5.74) is 0.955. The first-order valence-electron chi connectivity index (χ1n) is 7.86. The summed E-state index contributed by atoms with van der Waals surface area (Å²) in [5, 5.41) is 2.55. The molecule has 0 unspecified atom stereocenters. The van der Waals surface area contributed by atoms with Crippen LogP contribution >= 0.6 is 0 Å². The number of carbonyl (C=O) groups is 2. The van der Waals surface area contributed by atoms with Crippen molar-refractivity contribution in [2.24, 2.45) is 0 Å². The minimum atomic E-state index is -0.518. The fourth-order valence-corrected chi connectivity index (χ4v) is 1.82. The van der Waals surface area contributed by atoms with Crippen LogP contribution in [0.25, 0.3) is 0 Å². The van der Waals surface area contributed by atoms with Gasteiger partial charge in [0.1, 0.15) is 5.60 Å². The number of nitrogens with zero attached hydrogens (tertiary/aromatic N) is 1. The summed E-state index contributed by atoms with van der Waals surface area (Å²) in [6.07, 6.45) is 2.88. The van der Waals surface area contributed by atoms with Gasteiger partial charge in [0.15, 0.2) is 0 Å². The highest BCUT2D eigenvalue weighted by Gasteiger charge is 2.14. The van der Waals surface area contributed by atoms with Crippen molar-refractivity contribution in [2.75, 3.05) is 25.1 Å². The van der Waals surface area contributed by atoms with E-state index in [1.807, 2.05) is 50.9 Å². The van der Waals surface area contributed by atoms with Crippen LogP contribution in [-0.4, -0.2) is 37.9 Å². The molecule has 0 aromatic heterocycles. The molecule has 0 bridgehead atoms. The predicted octanol–water partition coefficient (Wildman–Crippen LogP) is 3.34. The van der Waals surface area contributed by atoms with Crippen LogP contribution in [-0.2, 0) is 9.47 Å². The fraction of sp³-hybridized carbons (Fsp3) is 0.444. The third-order valence-corrected chi connectivity index (χ3v) is 2.92. The normalized spacial score (nSPS) is 11.2. The van der Waals surface area contributed by atoms with E-state index in [1.54, 1.807) is 25.3 Å². The molecule has 6 nitrogen and oxygen atoms in total. The average molecular weight is 334 g/mol. The van der Waals surface area contributed by atoms with Crippen molar-refractivity contribution in [2.45, 2.75) is 33.3 Å². The minimum absolute atomic E-state index is 0.326. The molecule has 1 rings (SSSR count). The van der Waals surface area contributed by atoms with Gasteiger partial charge in [0.25, 0.3) is 0 Å². The lowest BCUT2D eigenvalue weighted by Crippen LogP contribution is -2.29. The second kappa shape index (κ2) is 8.96. The van der Waals surface area contributed by atoms with Gasteiger partial charge < -0.3 is 14.4 Å². The van der Waals surface area contributed by atoms with E-state index in [2.05, 4.69) is 5.32 Å². The van der Waals surface area contributed by atoms with E-state index in [1.165, 1.54) is 0 Å². The molecule has 0 saturated carbocycles. The standard InChI is InChI=1S/C18H26N2O4/c1-6-23-16(21)14-8-10-15(11-9-14)20(5)13-7-12-19-17(22)24-18(2,3)4/h7-12H,6,13H2,1-5H3,(H,19,22)/b12-7+. The van der Waals surface area contributed by atoms with Gasteiger partial charge in [0.05, 0.1) is 12.2 Å².